The van der Waals surface area contributed by atoms with E-state index in [1.807, 2.05) is 42.5 Å². The molecule has 0 saturated heterocycles. The highest BCUT2D eigenvalue weighted by atomic mass is 16.5. The van der Waals surface area contributed by atoms with E-state index in [1.54, 1.807) is 30.9 Å². The molecule has 2 amide bonds. The van der Waals surface area contributed by atoms with Crippen molar-refractivity contribution < 1.29 is 14.3 Å². The molecule has 0 aromatic heterocycles. The van der Waals surface area contributed by atoms with Crippen molar-refractivity contribution in [3.63, 3.8) is 0 Å². The summed E-state index contributed by atoms with van der Waals surface area (Å²) < 4.78 is 5.75. The maximum atomic E-state index is 12.5. The van der Waals surface area contributed by atoms with Gasteiger partial charge in [-0.15, -0.1) is 13.2 Å². The van der Waals surface area contributed by atoms with Gasteiger partial charge < -0.3 is 15.0 Å². The Labute approximate surface area is 160 Å². The SMILES string of the molecule is C=CCN(CC=C)C(=O)C(C)NC(=O)C(C)Oc1ccc2ccccc2c1. The van der Waals surface area contributed by atoms with Crippen LogP contribution in [-0.4, -0.2) is 41.9 Å². The Morgan fingerprint density at radius 1 is 1.07 bits per heavy atom. The summed E-state index contributed by atoms with van der Waals surface area (Å²) in [6.07, 6.45) is 2.55. The molecule has 5 nitrogen and oxygen atoms in total. The van der Waals surface area contributed by atoms with Crippen molar-refractivity contribution in [1.82, 2.24) is 10.2 Å². The Morgan fingerprint density at radius 3 is 2.33 bits per heavy atom. The first-order valence-electron chi connectivity index (χ1n) is 8.92. The summed E-state index contributed by atoms with van der Waals surface area (Å²) in [4.78, 5) is 26.4. The van der Waals surface area contributed by atoms with Crippen LogP contribution in [0.25, 0.3) is 10.8 Å². The van der Waals surface area contributed by atoms with E-state index in [0.717, 1.165) is 10.8 Å². The molecule has 5 heteroatoms. The molecule has 142 valence electrons. The fourth-order valence-corrected chi connectivity index (χ4v) is 2.73. The number of ether oxygens (including phenoxy) is 1. The third-order valence-corrected chi connectivity index (χ3v) is 4.14. The molecule has 2 atom stereocenters. The van der Waals surface area contributed by atoms with Gasteiger partial charge >= 0.3 is 0 Å². The summed E-state index contributed by atoms with van der Waals surface area (Å²) >= 11 is 0. The second-order valence-corrected chi connectivity index (χ2v) is 6.32. The van der Waals surface area contributed by atoms with Gasteiger partial charge in [0.1, 0.15) is 11.8 Å². The van der Waals surface area contributed by atoms with Crippen LogP contribution in [0, 0.1) is 0 Å². The summed E-state index contributed by atoms with van der Waals surface area (Å²) in [5, 5.41) is 4.85. The van der Waals surface area contributed by atoms with Crippen molar-refractivity contribution in [3.8, 4) is 5.75 Å². The van der Waals surface area contributed by atoms with E-state index < -0.39 is 12.1 Å². The van der Waals surface area contributed by atoms with Crippen molar-refractivity contribution in [2.45, 2.75) is 26.0 Å². The zero-order valence-corrected chi connectivity index (χ0v) is 15.9. The quantitative estimate of drug-likeness (QED) is 0.693. The highest BCUT2D eigenvalue weighted by Gasteiger charge is 2.23. The molecule has 2 rings (SSSR count). The number of carbonyl (C=O) groups is 2. The molecule has 0 fully saturated rings. The number of hydrogen-bond donors (Lipinski definition) is 1. The summed E-state index contributed by atoms with van der Waals surface area (Å²) in [7, 11) is 0. The Balaban J connectivity index is 1.97. The second-order valence-electron chi connectivity index (χ2n) is 6.32. The van der Waals surface area contributed by atoms with E-state index in [1.165, 1.54) is 0 Å². The number of carbonyl (C=O) groups excluding carboxylic acids is 2. The summed E-state index contributed by atoms with van der Waals surface area (Å²) in [6, 6.07) is 12.9. The second kappa shape index (κ2) is 9.57. The van der Waals surface area contributed by atoms with E-state index in [2.05, 4.69) is 18.5 Å². The largest absolute Gasteiger partial charge is 0.481 e. The lowest BCUT2D eigenvalue weighted by atomic mass is 10.1. The van der Waals surface area contributed by atoms with E-state index in [9.17, 15) is 9.59 Å². The van der Waals surface area contributed by atoms with Crippen LogP contribution in [0.15, 0.2) is 67.8 Å². The van der Waals surface area contributed by atoms with Crippen LogP contribution in [0.2, 0.25) is 0 Å². The minimum absolute atomic E-state index is 0.193. The molecule has 0 bridgehead atoms. The Bertz CT molecular complexity index is 821. The van der Waals surface area contributed by atoms with E-state index in [0.29, 0.717) is 18.8 Å². The van der Waals surface area contributed by atoms with Gasteiger partial charge in [0, 0.05) is 13.1 Å². The number of benzene rings is 2. The van der Waals surface area contributed by atoms with Crippen molar-refractivity contribution in [2.24, 2.45) is 0 Å². The number of hydrogen-bond acceptors (Lipinski definition) is 3. The Hall–Kier alpha value is -3.08. The molecule has 0 spiro atoms. The molecule has 27 heavy (non-hydrogen) atoms. The Morgan fingerprint density at radius 2 is 1.70 bits per heavy atom. The standard InChI is InChI=1S/C22H26N2O3/c1-5-13-24(14-6-2)22(26)16(3)23-21(25)17(4)27-20-12-11-18-9-7-8-10-19(18)15-20/h5-12,15-17H,1-2,13-14H2,3-4H3,(H,23,25). The van der Waals surface area contributed by atoms with Crippen molar-refractivity contribution in [1.29, 1.82) is 0 Å². The molecule has 0 aliphatic rings. The molecule has 2 aromatic carbocycles. The predicted molar refractivity (Wildman–Crippen MR) is 109 cm³/mol. The summed E-state index contributed by atoms with van der Waals surface area (Å²) in [5.41, 5.74) is 0. The maximum absolute atomic E-state index is 12.5. The van der Waals surface area contributed by atoms with Crippen LogP contribution in [0.5, 0.6) is 5.75 Å². The van der Waals surface area contributed by atoms with Gasteiger partial charge in [0.25, 0.3) is 5.91 Å². The van der Waals surface area contributed by atoms with Gasteiger partial charge in [0.15, 0.2) is 6.10 Å². The third-order valence-electron chi connectivity index (χ3n) is 4.14. The average molecular weight is 366 g/mol. The van der Waals surface area contributed by atoms with Gasteiger partial charge in [-0.3, -0.25) is 9.59 Å². The van der Waals surface area contributed by atoms with Crippen LogP contribution in [0.4, 0.5) is 0 Å². The molecule has 2 unspecified atom stereocenters. The molecular formula is C22H26N2O3. The lowest BCUT2D eigenvalue weighted by molar-refractivity contribution is -0.137. The highest BCUT2D eigenvalue weighted by molar-refractivity contribution is 5.89. The van der Waals surface area contributed by atoms with Crippen LogP contribution >= 0.6 is 0 Å². The van der Waals surface area contributed by atoms with E-state index in [-0.39, 0.29) is 11.8 Å². The van der Waals surface area contributed by atoms with Gasteiger partial charge in [-0.2, -0.15) is 0 Å². The van der Waals surface area contributed by atoms with Crippen LogP contribution in [0.3, 0.4) is 0 Å². The first-order valence-corrected chi connectivity index (χ1v) is 8.92. The fraction of sp³-hybridized carbons (Fsp3) is 0.273. The molecule has 0 aliphatic heterocycles. The summed E-state index contributed by atoms with van der Waals surface area (Å²) in [6.45, 7) is 11.4. The number of nitrogens with zero attached hydrogens (tertiary/aromatic N) is 1. The first kappa shape index (κ1) is 20.2. The fourth-order valence-electron chi connectivity index (χ4n) is 2.73. The maximum Gasteiger partial charge on any atom is 0.261 e. The molecule has 0 aliphatic carbocycles. The normalized spacial score (nSPS) is 12.7. The highest BCUT2D eigenvalue weighted by Crippen LogP contribution is 2.21. The smallest absolute Gasteiger partial charge is 0.261 e. The van der Waals surface area contributed by atoms with Crippen LogP contribution < -0.4 is 10.1 Å². The molecule has 2 aromatic rings. The van der Waals surface area contributed by atoms with Gasteiger partial charge in [-0.25, -0.2) is 0 Å². The van der Waals surface area contributed by atoms with E-state index >= 15 is 0 Å². The minimum atomic E-state index is -0.728. The van der Waals surface area contributed by atoms with Gasteiger partial charge in [-0.1, -0.05) is 42.5 Å². The number of fused-ring (bicyclic) bond motifs is 1. The minimum Gasteiger partial charge on any atom is -0.481 e. The van der Waals surface area contributed by atoms with Crippen molar-refractivity contribution in [3.05, 3.63) is 67.8 Å². The lowest BCUT2D eigenvalue weighted by Crippen LogP contribution is -2.50. The molecule has 0 saturated carbocycles. The van der Waals surface area contributed by atoms with Crippen LogP contribution in [-0.2, 0) is 9.59 Å². The third kappa shape index (κ3) is 5.45. The van der Waals surface area contributed by atoms with Crippen molar-refractivity contribution >= 4 is 22.6 Å². The van der Waals surface area contributed by atoms with Crippen LogP contribution in [0.1, 0.15) is 13.8 Å². The summed E-state index contributed by atoms with van der Waals surface area (Å²) in [5.74, 6) is 0.0671. The zero-order valence-electron chi connectivity index (χ0n) is 15.9. The first-order chi connectivity index (χ1) is 13.0. The number of nitrogens with one attached hydrogen (secondary N) is 1. The van der Waals surface area contributed by atoms with Gasteiger partial charge in [0.05, 0.1) is 0 Å². The molecule has 0 radical (unpaired) electrons. The Kier molecular flexibility index (Phi) is 7.17. The van der Waals surface area contributed by atoms with Crippen molar-refractivity contribution in [2.75, 3.05) is 13.1 Å². The predicted octanol–water partition coefficient (Wildman–Crippen LogP) is 3.31. The molecule has 0 heterocycles. The average Bonchev–Trinajstić information content (AvgIpc) is 2.67. The monoisotopic (exact) mass is 366 g/mol. The molecular weight excluding hydrogens is 340 g/mol. The van der Waals surface area contributed by atoms with Gasteiger partial charge in [0.2, 0.25) is 5.91 Å². The lowest BCUT2D eigenvalue weighted by Gasteiger charge is -2.25. The topological polar surface area (TPSA) is 58.6 Å². The van der Waals surface area contributed by atoms with Gasteiger partial charge in [-0.05, 0) is 36.8 Å². The zero-order chi connectivity index (χ0) is 19.8. The number of rotatable bonds is 9. The molecule has 1 N–H and O–H groups in total. The number of amides is 2. The van der Waals surface area contributed by atoms with E-state index in [4.69, 9.17) is 4.74 Å².